The second-order valence-electron chi connectivity index (χ2n) is 7.58. The van der Waals surface area contributed by atoms with E-state index in [4.69, 9.17) is 0 Å². The summed E-state index contributed by atoms with van der Waals surface area (Å²) in [7, 11) is 0. The van der Waals surface area contributed by atoms with E-state index in [0.29, 0.717) is 18.0 Å². The average molecular weight is 389 g/mol. The van der Waals surface area contributed by atoms with Crippen LogP contribution in [-0.4, -0.2) is 29.8 Å². The molecule has 0 aromatic heterocycles. The lowest BCUT2D eigenvalue weighted by Gasteiger charge is -2.28. The normalized spacial score (nSPS) is 19.0. The van der Waals surface area contributed by atoms with Gasteiger partial charge in [0, 0.05) is 36.7 Å². The molecule has 1 aromatic carbocycles. The highest BCUT2D eigenvalue weighted by Gasteiger charge is 2.26. The molecule has 28 heavy (non-hydrogen) atoms. The molecule has 1 aliphatic rings. The number of unbranched alkanes of at least 4 members (excludes halogenated alkanes) is 3. The van der Waals surface area contributed by atoms with E-state index in [9.17, 15) is 19.7 Å². The minimum atomic E-state index is -0.485. The van der Waals surface area contributed by atoms with Gasteiger partial charge in [0.1, 0.15) is 0 Å². The van der Waals surface area contributed by atoms with Crippen molar-refractivity contribution in [2.24, 2.45) is 11.8 Å². The predicted octanol–water partition coefficient (Wildman–Crippen LogP) is 3.83. The Morgan fingerprint density at radius 1 is 1.04 bits per heavy atom. The Hall–Kier alpha value is -2.44. The molecule has 0 saturated heterocycles. The number of non-ortho nitro benzene ring substituents is 1. The van der Waals surface area contributed by atoms with Crippen molar-refractivity contribution in [3.63, 3.8) is 0 Å². The van der Waals surface area contributed by atoms with Gasteiger partial charge in [-0.25, -0.2) is 0 Å². The fourth-order valence-corrected chi connectivity index (χ4v) is 3.61. The minimum absolute atomic E-state index is 0.0292. The Kier molecular flexibility index (Phi) is 8.91. The van der Waals surface area contributed by atoms with E-state index in [0.717, 1.165) is 45.1 Å². The third-order valence-electron chi connectivity index (χ3n) is 5.44. The summed E-state index contributed by atoms with van der Waals surface area (Å²) in [6.07, 6.45) is 8.19. The van der Waals surface area contributed by atoms with Crippen molar-refractivity contribution >= 4 is 17.5 Å². The number of rotatable bonds is 10. The van der Waals surface area contributed by atoms with Crippen molar-refractivity contribution in [1.29, 1.82) is 0 Å². The van der Waals surface area contributed by atoms with E-state index in [1.807, 2.05) is 0 Å². The number of hydrogen-bond donors (Lipinski definition) is 2. The Balaban J connectivity index is 1.66. The molecule has 0 atom stereocenters. The van der Waals surface area contributed by atoms with Gasteiger partial charge in [-0.1, -0.05) is 26.2 Å². The largest absolute Gasteiger partial charge is 0.356 e. The molecule has 0 unspecified atom stereocenters. The number of nitrogens with zero attached hydrogens (tertiary/aromatic N) is 1. The molecule has 2 N–H and O–H groups in total. The number of nitrogens with one attached hydrogen (secondary N) is 2. The maximum Gasteiger partial charge on any atom is 0.269 e. The van der Waals surface area contributed by atoms with Crippen molar-refractivity contribution in [2.45, 2.75) is 58.3 Å². The van der Waals surface area contributed by atoms with E-state index in [2.05, 4.69) is 17.6 Å². The number of amides is 2. The molecule has 2 rings (SSSR count). The average Bonchev–Trinajstić information content (AvgIpc) is 2.72. The lowest BCUT2D eigenvalue weighted by atomic mass is 9.81. The van der Waals surface area contributed by atoms with E-state index in [-0.39, 0.29) is 23.4 Å². The molecular weight excluding hydrogens is 358 g/mol. The summed E-state index contributed by atoms with van der Waals surface area (Å²) in [5.41, 5.74) is 0.389. The van der Waals surface area contributed by atoms with Gasteiger partial charge in [0.25, 0.3) is 11.6 Å². The zero-order valence-electron chi connectivity index (χ0n) is 16.6. The lowest BCUT2D eigenvalue weighted by Crippen LogP contribution is -2.36. The summed E-state index contributed by atoms with van der Waals surface area (Å²) in [6, 6.07) is 5.60. The first kappa shape index (κ1) is 21.9. The summed E-state index contributed by atoms with van der Waals surface area (Å²) >= 11 is 0. The lowest BCUT2D eigenvalue weighted by molar-refractivity contribution is -0.384. The van der Waals surface area contributed by atoms with Gasteiger partial charge in [-0.3, -0.25) is 19.7 Å². The van der Waals surface area contributed by atoms with Gasteiger partial charge in [-0.2, -0.15) is 0 Å². The van der Waals surface area contributed by atoms with E-state index < -0.39 is 4.92 Å². The number of carbonyl (C=O) groups excluding carboxylic acids is 2. The van der Waals surface area contributed by atoms with Crippen molar-refractivity contribution in [3.8, 4) is 0 Å². The Bertz CT molecular complexity index is 652. The van der Waals surface area contributed by atoms with Crippen LogP contribution in [0.5, 0.6) is 0 Å². The molecule has 1 saturated carbocycles. The van der Waals surface area contributed by atoms with Crippen LogP contribution in [0.1, 0.15) is 68.6 Å². The maximum absolute atomic E-state index is 12.2. The van der Waals surface area contributed by atoms with Crippen molar-refractivity contribution in [3.05, 3.63) is 39.9 Å². The van der Waals surface area contributed by atoms with Crippen LogP contribution in [0.2, 0.25) is 0 Å². The van der Waals surface area contributed by atoms with Gasteiger partial charge in [-0.05, 0) is 50.2 Å². The molecule has 1 fully saturated rings. The van der Waals surface area contributed by atoms with Gasteiger partial charge in [0.05, 0.1) is 4.92 Å². The summed E-state index contributed by atoms with van der Waals surface area (Å²) < 4.78 is 0. The van der Waals surface area contributed by atoms with Crippen LogP contribution >= 0.6 is 0 Å². The number of nitro groups is 1. The molecule has 0 heterocycles. The van der Waals surface area contributed by atoms with Crippen LogP contribution < -0.4 is 10.6 Å². The molecule has 1 aliphatic carbocycles. The molecule has 0 bridgehead atoms. The molecule has 0 radical (unpaired) electrons. The first-order valence-electron chi connectivity index (χ1n) is 10.3. The third kappa shape index (κ3) is 6.94. The number of nitro benzene ring substituents is 1. The predicted molar refractivity (Wildman–Crippen MR) is 108 cm³/mol. The fraction of sp³-hybridized carbons (Fsp3) is 0.619. The topological polar surface area (TPSA) is 101 Å². The Morgan fingerprint density at radius 3 is 2.32 bits per heavy atom. The minimum Gasteiger partial charge on any atom is -0.356 e. The van der Waals surface area contributed by atoms with Crippen molar-refractivity contribution < 1.29 is 14.5 Å². The van der Waals surface area contributed by atoms with Gasteiger partial charge in [0.2, 0.25) is 5.91 Å². The molecule has 0 aliphatic heterocycles. The number of carbonyl (C=O) groups is 2. The van der Waals surface area contributed by atoms with Crippen molar-refractivity contribution in [1.82, 2.24) is 10.6 Å². The molecule has 0 spiro atoms. The van der Waals surface area contributed by atoms with Gasteiger partial charge >= 0.3 is 0 Å². The van der Waals surface area contributed by atoms with E-state index >= 15 is 0 Å². The molecule has 7 heteroatoms. The van der Waals surface area contributed by atoms with E-state index in [1.54, 1.807) is 0 Å². The fourth-order valence-electron chi connectivity index (χ4n) is 3.61. The first-order valence-corrected chi connectivity index (χ1v) is 10.3. The summed E-state index contributed by atoms with van der Waals surface area (Å²) in [4.78, 5) is 34.6. The number of benzene rings is 1. The third-order valence-corrected chi connectivity index (χ3v) is 5.44. The standard InChI is InChI=1S/C21H31N3O4/c1-2-3-4-5-14-22-20(25)17-8-6-16(7-9-17)15-23-21(26)18-10-12-19(13-11-18)24(27)28/h10-13,16-17H,2-9,14-15H2,1H3,(H,22,25)(H,23,26). The second-order valence-corrected chi connectivity index (χ2v) is 7.58. The van der Waals surface area contributed by atoms with Gasteiger partial charge in [-0.15, -0.1) is 0 Å². The quantitative estimate of drug-likeness (QED) is 0.361. The zero-order valence-corrected chi connectivity index (χ0v) is 16.6. The summed E-state index contributed by atoms with van der Waals surface area (Å²) in [6.45, 7) is 3.51. The van der Waals surface area contributed by atoms with Crippen LogP contribution in [-0.2, 0) is 4.79 Å². The molecule has 154 valence electrons. The zero-order chi connectivity index (χ0) is 20.4. The summed E-state index contributed by atoms with van der Waals surface area (Å²) in [5, 5.41) is 16.6. The van der Waals surface area contributed by atoms with E-state index in [1.165, 1.54) is 37.1 Å². The molecular formula is C21H31N3O4. The number of hydrogen-bond acceptors (Lipinski definition) is 4. The monoisotopic (exact) mass is 389 g/mol. The SMILES string of the molecule is CCCCCCNC(=O)C1CCC(CNC(=O)c2ccc([N+](=O)[O-])cc2)CC1. The molecule has 7 nitrogen and oxygen atoms in total. The van der Waals surface area contributed by atoms with Gasteiger partial charge < -0.3 is 10.6 Å². The van der Waals surface area contributed by atoms with Crippen LogP contribution in [0.15, 0.2) is 24.3 Å². The summed E-state index contributed by atoms with van der Waals surface area (Å²) in [5.74, 6) is 0.412. The van der Waals surface area contributed by atoms with Crippen molar-refractivity contribution in [2.75, 3.05) is 13.1 Å². The Morgan fingerprint density at radius 2 is 1.71 bits per heavy atom. The van der Waals surface area contributed by atoms with Crippen LogP contribution in [0, 0.1) is 22.0 Å². The smallest absolute Gasteiger partial charge is 0.269 e. The van der Waals surface area contributed by atoms with Gasteiger partial charge in [0.15, 0.2) is 0 Å². The molecule has 2 amide bonds. The maximum atomic E-state index is 12.2. The highest BCUT2D eigenvalue weighted by atomic mass is 16.6. The highest BCUT2D eigenvalue weighted by Crippen LogP contribution is 2.28. The second kappa shape index (κ2) is 11.4. The van der Waals surface area contributed by atoms with Crippen LogP contribution in [0.3, 0.4) is 0 Å². The van der Waals surface area contributed by atoms with Crippen LogP contribution in [0.4, 0.5) is 5.69 Å². The van der Waals surface area contributed by atoms with Crippen LogP contribution in [0.25, 0.3) is 0 Å². The molecule has 1 aromatic rings. The highest BCUT2D eigenvalue weighted by molar-refractivity contribution is 5.94. The Labute approximate surface area is 166 Å². The first-order chi connectivity index (χ1) is 13.5.